The van der Waals surface area contributed by atoms with Crippen molar-refractivity contribution in [3.05, 3.63) is 54.1 Å². The first-order chi connectivity index (χ1) is 15.6. The summed E-state index contributed by atoms with van der Waals surface area (Å²) in [5, 5.41) is 8.98. The number of nitrogens with zero attached hydrogens (tertiary/aromatic N) is 3. The number of carbonyl (C=O) groups excluding carboxylic acids is 2. The summed E-state index contributed by atoms with van der Waals surface area (Å²) >= 11 is 0. The first-order valence-corrected chi connectivity index (χ1v) is 10.8. The molecule has 2 fully saturated rings. The van der Waals surface area contributed by atoms with Gasteiger partial charge in [-0.3, -0.25) is 4.90 Å². The number of amides is 3. The highest BCUT2D eigenvalue weighted by atomic mass is 16.6. The number of carboxylic acid groups (broad SMARTS) is 1. The van der Waals surface area contributed by atoms with E-state index in [-0.39, 0.29) is 23.7 Å². The zero-order valence-electron chi connectivity index (χ0n) is 18.9. The summed E-state index contributed by atoms with van der Waals surface area (Å²) in [5.41, 5.74) is 0.368. The van der Waals surface area contributed by atoms with Gasteiger partial charge in [-0.2, -0.15) is 0 Å². The molecule has 0 saturated carbocycles. The Morgan fingerprint density at radius 1 is 0.939 bits per heavy atom. The fourth-order valence-electron chi connectivity index (χ4n) is 3.91. The molecule has 2 saturated heterocycles. The molecule has 0 radical (unpaired) electrons. The molecule has 1 atom stereocenters. The average molecular weight is 453 g/mol. The van der Waals surface area contributed by atoms with Crippen molar-refractivity contribution in [3.63, 3.8) is 0 Å². The van der Waals surface area contributed by atoms with Crippen LogP contribution in [-0.2, 0) is 4.74 Å². The number of piperazine rings is 1. The highest BCUT2D eigenvalue weighted by Crippen LogP contribution is 2.30. The molecule has 2 aromatic carbocycles. The predicted octanol–water partition coefficient (Wildman–Crippen LogP) is 4.04. The maximum Gasteiger partial charge on any atom is 0.410 e. The van der Waals surface area contributed by atoms with E-state index in [1.54, 1.807) is 39.0 Å². The predicted molar refractivity (Wildman–Crippen MR) is 121 cm³/mol. The van der Waals surface area contributed by atoms with Crippen LogP contribution in [-0.4, -0.2) is 70.8 Å². The molecule has 2 aliphatic heterocycles. The molecule has 0 unspecified atom stereocenters. The van der Waals surface area contributed by atoms with Gasteiger partial charge in [-0.05, 0) is 69.3 Å². The van der Waals surface area contributed by atoms with Crippen LogP contribution in [0.2, 0.25) is 0 Å². The molecule has 4 rings (SSSR count). The monoisotopic (exact) mass is 453 g/mol. The van der Waals surface area contributed by atoms with Crippen molar-refractivity contribution in [3.8, 4) is 11.5 Å². The van der Waals surface area contributed by atoms with Crippen LogP contribution in [0.25, 0.3) is 0 Å². The Hall–Kier alpha value is -3.75. The molecular weight excluding hydrogens is 426 g/mol. The van der Waals surface area contributed by atoms with Crippen LogP contribution in [0.5, 0.6) is 11.5 Å². The van der Waals surface area contributed by atoms with Crippen molar-refractivity contribution in [1.82, 2.24) is 9.80 Å². The lowest BCUT2D eigenvalue weighted by Gasteiger charge is -2.36. The number of carbonyl (C=O) groups is 3. The van der Waals surface area contributed by atoms with Crippen molar-refractivity contribution in [2.24, 2.45) is 0 Å². The van der Waals surface area contributed by atoms with Crippen molar-refractivity contribution in [2.45, 2.75) is 32.4 Å². The van der Waals surface area contributed by atoms with Gasteiger partial charge in [-0.25, -0.2) is 14.4 Å². The van der Waals surface area contributed by atoms with Gasteiger partial charge < -0.3 is 24.4 Å². The lowest BCUT2D eigenvalue weighted by Crippen LogP contribution is -2.54. The summed E-state index contributed by atoms with van der Waals surface area (Å²) < 4.78 is 11.2. The van der Waals surface area contributed by atoms with Crippen LogP contribution >= 0.6 is 0 Å². The quantitative estimate of drug-likeness (QED) is 0.750. The molecule has 174 valence electrons. The van der Waals surface area contributed by atoms with Gasteiger partial charge in [0.05, 0.1) is 11.6 Å². The minimum Gasteiger partial charge on any atom is -0.478 e. The van der Waals surface area contributed by atoms with E-state index < -0.39 is 11.6 Å². The van der Waals surface area contributed by atoms with Crippen LogP contribution in [0.4, 0.5) is 15.3 Å². The summed E-state index contributed by atoms with van der Waals surface area (Å²) in [6.07, 6.45) is -0.356. The number of fused-ring (bicyclic) bond motifs is 1. The number of anilines is 1. The Morgan fingerprint density at radius 3 is 2.12 bits per heavy atom. The summed E-state index contributed by atoms with van der Waals surface area (Å²) in [6, 6.07) is 13.1. The van der Waals surface area contributed by atoms with Crippen molar-refractivity contribution in [2.75, 3.05) is 31.1 Å². The molecule has 3 amide bonds. The van der Waals surface area contributed by atoms with E-state index in [1.165, 1.54) is 12.1 Å². The molecule has 0 aliphatic carbocycles. The van der Waals surface area contributed by atoms with E-state index >= 15 is 0 Å². The van der Waals surface area contributed by atoms with E-state index in [0.717, 1.165) is 5.69 Å². The second kappa shape index (κ2) is 8.65. The largest absolute Gasteiger partial charge is 0.478 e. The number of rotatable bonds is 4. The summed E-state index contributed by atoms with van der Waals surface area (Å²) in [4.78, 5) is 41.5. The highest BCUT2D eigenvalue weighted by Gasteiger charge is 2.42. The van der Waals surface area contributed by atoms with E-state index in [4.69, 9.17) is 14.6 Å². The van der Waals surface area contributed by atoms with E-state index in [1.807, 2.05) is 32.9 Å². The number of hydrogen-bond donors (Lipinski definition) is 1. The van der Waals surface area contributed by atoms with Crippen molar-refractivity contribution >= 4 is 23.8 Å². The minimum absolute atomic E-state index is 0.0817. The van der Waals surface area contributed by atoms with E-state index in [9.17, 15) is 14.4 Å². The molecule has 1 N–H and O–H groups in total. The number of carboxylic acids is 1. The zero-order valence-corrected chi connectivity index (χ0v) is 18.9. The molecule has 0 aromatic heterocycles. The number of hydrogen-bond acceptors (Lipinski definition) is 5. The van der Waals surface area contributed by atoms with Gasteiger partial charge in [0.2, 0.25) is 0 Å². The third-order valence-corrected chi connectivity index (χ3v) is 5.49. The van der Waals surface area contributed by atoms with Crippen LogP contribution in [0, 0.1) is 0 Å². The zero-order chi connectivity index (χ0) is 23.8. The van der Waals surface area contributed by atoms with Crippen LogP contribution in [0.1, 0.15) is 31.1 Å². The summed E-state index contributed by atoms with van der Waals surface area (Å²) in [5.74, 6) is 0.0957. The minimum atomic E-state index is -0.994. The Labute approximate surface area is 192 Å². The Balaban J connectivity index is 1.39. The third kappa shape index (κ3) is 5.02. The third-order valence-electron chi connectivity index (χ3n) is 5.49. The molecule has 33 heavy (non-hydrogen) atoms. The SMILES string of the molecule is CC(C)(C)OC(=O)N1CCN2C(=O)N(c3ccc(Oc4ccc(C(=O)O)cc4)cc3)C[C@@H]2C1. The Kier molecular flexibility index (Phi) is 5.88. The fourth-order valence-corrected chi connectivity index (χ4v) is 3.91. The highest BCUT2D eigenvalue weighted by molar-refractivity contribution is 5.95. The smallest absolute Gasteiger partial charge is 0.410 e. The summed E-state index contributed by atoms with van der Waals surface area (Å²) in [6.45, 7) is 7.33. The number of ether oxygens (including phenoxy) is 2. The maximum absolute atomic E-state index is 12.9. The van der Waals surface area contributed by atoms with Crippen LogP contribution in [0.15, 0.2) is 48.5 Å². The lowest BCUT2D eigenvalue weighted by atomic mass is 10.2. The van der Waals surface area contributed by atoms with Crippen molar-refractivity contribution < 1.29 is 29.0 Å². The number of urea groups is 1. The topological polar surface area (TPSA) is 99.6 Å². The molecule has 9 nitrogen and oxygen atoms in total. The van der Waals surface area contributed by atoms with Gasteiger partial charge >= 0.3 is 18.1 Å². The fraction of sp³-hybridized carbons (Fsp3) is 0.375. The van der Waals surface area contributed by atoms with Gasteiger partial charge in [-0.15, -0.1) is 0 Å². The molecule has 2 heterocycles. The van der Waals surface area contributed by atoms with Gasteiger partial charge in [-0.1, -0.05) is 0 Å². The Morgan fingerprint density at radius 2 is 1.55 bits per heavy atom. The first-order valence-electron chi connectivity index (χ1n) is 10.8. The van der Waals surface area contributed by atoms with Gasteiger partial charge in [0.1, 0.15) is 17.1 Å². The van der Waals surface area contributed by atoms with Crippen LogP contribution < -0.4 is 9.64 Å². The second-order valence-electron chi connectivity index (χ2n) is 9.09. The molecular formula is C24H27N3O6. The second-order valence-corrected chi connectivity index (χ2v) is 9.09. The van der Waals surface area contributed by atoms with Gasteiger partial charge in [0.15, 0.2) is 0 Å². The molecule has 2 aromatic rings. The van der Waals surface area contributed by atoms with E-state index in [0.29, 0.717) is 37.7 Å². The van der Waals surface area contributed by atoms with Gasteiger partial charge in [0, 0.05) is 31.9 Å². The molecule has 9 heteroatoms. The number of benzene rings is 2. The number of aromatic carboxylic acids is 1. The molecule has 2 aliphatic rings. The van der Waals surface area contributed by atoms with Gasteiger partial charge in [0.25, 0.3) is 0 Å². The van der Waals surface area contributed by atoms with Crippen molar-refractivity contribution in [1.29, 1.82) is 0 Å². The average Bonchev–Trinajstić information content (AvgIpc) is 3.09. The maximum atomic E-state index is 12.9. The Bertz CT molecular complexity index is 1050. The van der Waals surface area contributed by atoms with E-state index in [2.05, 4.69) is 0 Å². The summed E-state index contributed by atoms with van der Waals surface area (Å²) in [7, 11) is 0. The first kappa shape index (κ1) is 22.4. The lowest BCUT2D eigenvalue weighted by molar-refractivity contribution is 0.0128. The van der Waals surface area contributed by atoms with Crippen LogP contribution in [0.3, 0.4) is 0 Å². The molecule has 0 spiro atoms. The molecule has 0 bridgehead atoms. The standard InChI is InChI=1S/C24H27N3O6/c1-24(2,3)33-23(31)25-12-13-26-18(14-25)15-27(22(26)30)17-6-10-20(11-7-17)32-19-8-4-16(5-9-19)21(28)29/h4-11,18H,12-15H2,1-3H3,(H,28,29)/t18-/m0/s1. The normalized spacial score (nSPS) is 18.2.